The maximum Gasteiger partial charge on any atom is 0.416 e. The molecule has 0 amide bonds. The highest BCUT2D eigenvalue weighted by atomic mass is 19.4. The van der Waals surface area contributed by atoms with Gasteiger partial charge in [-0.1, -0.05) is 19.4 Å². The van der Waals surface area contributed by atoms with Crippen LogP contribution in [0.4, 0.5) is 18.9 Å². The zero-order valence-electron chi connectivity index (χ0n) is 9.49. The number of hydrogen-bond acceptors (Lipinski definition) is 1. The van der Waals surface area contributed by atoms with Gasteiger partial charge in [0.2, 0.25) is 0 Å². The molecule has 0 saturated carbocycles. The molecular formula is C12H16F3N. The molecule has 4 heteroatoms. The third-order valence-electron chi connectivity index (χ3n) is 2.41. The molecule has 0 unspecified atom stereocenters. The van der Waals surface area contributed by atoms with Crippen LogP contribution >= 0.6 is 0 Å². The van der Waals surface area contributed by atoms with Crippen LogP contribution in [-0.4, -0.2) is 6.54 Å². The van der Waals surface area contributed by atoms with E-state index in [1.807, 2.05) is 6.92 Å². The van der Waals surface area contributed by atoms with Crippen molar-refractivity contribution >= 4 is 5.69 Å². The summed E-state index contributed by atoms with van der Waals surface area (Å²) >= 11 is 0. The molecule has 1 rings (SSSR count). The second kappa shape index (κ2) is 5.23. The van der Waals surface area contributed by atoms with E-state index >= 15 is 0 Å². The number of halogens is 3. The van der Waals surface area contributed by atoms with Gasteiger partial charge in [-0.3, -0.25) is 0 Å². The standard InChI is InChI=1S/C12H16F3N/c1-3-4-7-16-11-8-10(12(13,14)15)6-5-9(11)2/h5-6,8,16H,3-4,7H2,1-2H3. The summed E-state index contributed by atoms with van der Waals surface area (Å²) in [5.41, 5.74) is 0.810. The van der Waals surface area contributed by atoms with Gasteiger partial charge in [0, 0.05) is 12.2 Å². The number of benzene rings is 1. The minimum atomic E-state index is -4.27. The summed E-state index contributed by atoms with van der Waals surface area (Å²) in [6, 6.07) is 3.78. The molecule has 1 nitrogen and oxygen atoms in total. The molecule has 0 aliphatic heterocycles. The van der Waals surface area contributed by atoms with Gasteiger partial charge in [-0.05, 0) is 31.0 Å². The van der Waals surface area contributed by atoms with E-state index in [1.165, 1.54) is 12.1 Å². The molecule has 1 aromatic rings. The summed E-state index contributed by atoms with van der Waals surface area (Å²) in [5, 5.41) is 3.03. The monoisotopic (exact) mass is 231 g/mol. The Morgan fingerprint density at radius 3 is 2.50 bits per heavy atom. The number of rotatable bonds is 4. The lowest BCUT2D eigenvalue weighted by Crippen LogP contribution is -2.08. The molecule has 0 atom stereocenters. The molecule has 0 aliphatic rings. The van der Waals surface area contributed by atoms with Crippen LogP contribution in [0.25, 0.3) is 0 Å². The molecule has 0 aliphatic carbocycles. The fraction of sp³-hybridized carbons (Fsp3) is 0.500. The molecule has 0 spiro atoms. The van der Waals surface area contributed by atoms with Gasteiger partial charge in [0.05, 0.1) is 5.56 Å². The molecule has 0 radical (unpaired) electrons. The lowest BCUT2D eigenvalue weighted by atomic mass is 10.1. The van der Waals surface area contributed by atoms with Crippen molar-refractivity contribution in [3.63, 3.8) is 0 Å². The number of unbranched alkanes of at least 4 members (excludes halogenated alkanes) is 1. The second-order valence-corrected chi connectivity index (χ2v) is 3.81. The largest absolute Gasteiger partial charge is 0.416 e. The van der Waals surface area contributed by atoms with E-state index in [0.717, 1.165) is 24.5 Å². The zero-order valence-corrected chi connectivity index (χ0v) is 9.49. The van der Waals surface area contributed by atoms with E-state index in [0.29, 0.717) is 12.2 Å². The first-order valence-electron chi connectivity index (χ1n) is 5.37. The fourth-order valence-corrected chi connectivity index (χ4v) is 1.39. The molecule has 0 bridgehead atoms. The lowest BCUT2D eigenvalue weighted by molar-refractivity contribution is -0.137. The maximum absolute atomic E-state index is 12.5. The first-order valence-corrected chi connectivity index (χ1v) is 5.37. The molecule has 16 heavy (non-hydrogen) atoms. The van der Waals surface area contributed by atoms with Crippen LogP contribution in [0.2, 0.25) is 0 Å². The van der Waals surface area contributed by atoms with Gasteiger partial charge in [0.1, 0.15) is 0 Å². The van der Waals surface area contributed by atoms with E-state index in [1.54, 1.807) is 6.92 Å². The van der Waals surface area contributed by atoms with Crippen molar-refractivity contribution in [2.45, 2.75) is 32.9 Å². The zero-order chi connectivity index (χ0) is 12.2. The molecule has 0 fully saturated rings. The topological polar surface area (TPSA) is 12.0 Å². The first-order chi connectivity index (χ1) is 7.45. The van der Waals surface area contributed by atoms with E-state index in [4.69, 9.17) is 0 Å². The molecule has 0 aromatic heterocycles. The number of nitrogens with one attached hydrogen (secondary N) is 1. The molecular weight excluding hydrogens is 215 g/mol. The average molecular weight is 231 g/mol. The van der Waals surface area contributed by atoms with E-state index in [-0.39, 0.29) is 0 Å². The molecule has 0 heterocycles. The van der Waals surface area contributed by atoms with Crippen molar-refractivity contribution in [2.75, 3.05) is 11.9 Å². The third kappa shape index (κ3) is 3.43. The van der Waals surface area contributed by atoms with Crippen LogP contribution in [0.15, 0.2) is 18.2 Å². The van der Waals surface area contributed by atoms with Crippen LogP contribution in [0, 0.1) is 6.92 Å². The van der Waals surface area contributed by atoms with Crippen molar-refractivity contribution in [3.8, 4) is 0 Å². The van der Waals surface area contributed by atoms with Gasteiger partial charge in [-0.2, -0.15) is 13.2 Å². The number of aryl methyl sites for hydroxylation is 1. The normalized spacial score (nSPS) is 11.6. The SMILES string of the molecule is CCCCNc1cc(C(F)(F)F)ccc1C. The number of anilines is 1. The highest BCUT2D eigenvalue weighted by molar-refractivity contribution is 5.53. The van der Waals surface area contributed by atoms with Gasteiger partial charge in [-0.25, -0.2) is 0 Å². The van der Waals surface area contributed by atoms with Gasteiger partial charge >= 0.3 is 6.18 Å². The highest BCUT2D eigenvalue weighted by Crippen LogP contribution is 2.31. The predicted octanol–water partition coefficient (Wildman–Crippen LogP) is 4.23. The Kier molecular flexibility index (Phi) is 4.21. The van der Waals surface area contributed by atoms with Crippen LogP contribution < -0.4 is 5.32 Å². The second-order valence-electron chi connectivity index (χ2n) is 3.81. The van der Waals surface area contributed by atoms with Crippen molar-refractivity contribution < 1.29 is 13.2 Å². The first kappa shape index (κ1) is 12.9. The summed E-state index contributed by atoms with van der Waals surface area (Å²) in [6.07, 6.45) is -2.30. The van der Waals surface area contributed by atoms with Gasteiger partial charge < -0.3 is 5.32 Å². The lowest BCUT2D eigenvalue weighted by Gasteiger charge is -2.13. The Morgan fingerprint density at radius 2 is 1.94 bits per heavy atom. The Bertz CT molecular complexity index is 345. The summed E-state index contributed by atoms with van der Waals surface area (Å²) < 4.78 is 37.4. The van der Waals surface area contributed by atoms with Crippen LogP contribution in [0.3, 0.4) is 0 Å². The quantitative estimate of drug-likeness (QED) is 0.765. The summed E-state index contributed by atoms with van der Waals surface area (Å²) in [4.78, 5) is 0. The summed E-state index contributed by atoms with van der Waals surface area (Å²) in [7, 11) is 0. The van der Waals surface area contributed by atoms with Crippen molar-refractivity contribution in [3.05, 3.63) is 29.3 Å². The predicted molar refractivity (Wildman–Crippen MR) is 59.6 cm³/mol. The Labute approximate surface area is 93.7 Å². The fourth-order valence-electron chi connectivity index (χ4n) is 1.39. The van der Waals surface area contributed by atoms with Crippen molar-refractivity contribution in [2.24, 2.45) is 0 Å². The number of hydrogen-bond donors (Lipinski definition) is 1. The molecule has 1 aromatic carbocycles. The number of alkyl halides is 3. The van der Waals surface area contributed by atoms with Crippen LogP contribution in [0.5, 0.6) is 0 Å². The summed E-state index contributed by atoms with van der Waals surface area (Å²) in [6.45, 7) is 4.55. The average Bonchev–Trinajstić information content (AvgIpc) is 2.19. The molecule has 90 valence electrons. The summed E-state index contributed by atoms with van der Waals surface area (Å²) in [5.74, 6) is 0. The smallest absolute Gasteiger partial charge is 0.385 e. The Balaban J connectivity index is 2.83. The Morgan fingerprint density at radius 1 is 1.25 bits per heavy atom. The third-order valence-corrected chi connectivity index (χ3v) is 2.41. The van der Waals surface area contributed by atoms with E-state index in [9.17, 15) is 13.2 Å². The van der Waals surface area contributed by atoms with Crippen molar-refractivity contribution in [1.29, 1.82) is 0 Å². The molecule has 0 saturated heterocycles. The van der Waals surface area contributed by atoms with Gasteiger partial charge in [0.15, 0.2) is 0 Å². The minimum absolute atomic E-state index is 0.572. The minimum Gasteiger partial charge on any atom is -0.385 e. The maximum atomic E-state index is 12.5. The van der Waals surface area contributed by atoms with E-state index in [2.05, 4.69) is 5.32 Å². The van der Waals surface area contributed by atoms with Gasteiger partial charge in [0.25, 0.3) is 0 Å². The van der Waals surface area contributed by atoms with Gasteiger partial charge in [-0.15, -0.1) is 0 Å². The van der Waals surface area contributed by atoms with Crippen LogP contribution in [0.1, 0.15) is 30.9 Å². The molecule has 1 N–H and O–H groups in total. The van der Waals surface area contributed by atoms with Crippen molar-refractivity contribution in [1.82, 2.24) is 0 Å². The Hall–Kier alpha value is -1.19. The van der Waals surface area contributed by atoms with Crippen LogP contribution in [-0.2, 0) is 6.18 Å². The van der Waals surface area contributed by atoms with E-state index < -0.39 is 11.7 Å². The highest BCUT2D eigenvalue weighted by Gasteiger charge is 2.30.